The van der Waals surface area contributed by atoms with Crippen molar-refractivity contribution in [2.24, 2.45) is 11.3 Å². The van der Waals surface area contributed by atoms with E-state index < -0.39 is 5.66 Å². The van der Waals surface area contributed by atoms with Crippen LogP contribution >= 0.6 is 9.24 Å². The molecule has 7 heteroatoms. The lowest BCUT2D eigenvalue weighted by atomic mass is 9.36. The number of hydrogen-bond acceptors (Lipinski definition) is 4. The molecular weight excluding hydrogens is 283 g/mol. The summed E-state index contributed by atoms with van der Waals surface area (Å²) in [5.41, 5.74) is -3.02. The molecule has 3 aliphatic carbocycles. The van der Waals surface area contributed by atoms with Crippen molar-refractivity contribution >= 4 is 9.24 Å². The number of alkyl halides is 2. The molecule has 20 heavy (non-hydrogen) atoms. The van der Waals surface area contributed by atoms with Crippen molar-refractivity contribution in [3.05, 3.63) is 18.1 Å². The van der Waals surface area contributed by atoms with Gasteiger partial charge in [0.1, 0.15) is 11.3 Å². The van der Waals surface area contributed by atoms with Gasteiger partial charge in [0.05, 0.1) is 12.4 Å². The van der Waals surface area contributed by atoms with Crippen LogP contribution in [0.3, 0.4) is 0 Å². The molecule has 0 radical (unpaired) electrons. The highest BCUT2D eigenvalue weighted by Crippen LogP contribution is 2.72. The van der Waals surface area contributed by atoms with Crippen LogP contribution in [-0.2, 0) is 5.66 Å². The second-order valence-electron chi connectivity index (χ2n) is 6.40. The highest BCUT2D eigenvalue weighted by Gasteiger charge is 2.73. The smallest absolute Gasteiger partial charge is 0.301 e. The molecule has 1 aromatic heterocycles. The lowest BCUT2D eigenvalue weighted by Crippen LogP contribution is -2.76. The zero-order valence-electron chi connectivity index (χ0n) is 10.9. The molecule has 1 aliphatic heterocycles. The first-order chi connectivity index (χ1) is 9.41. The summed E-state index contributed by atoms with van der Waals surface area (Å²) in [5.74, 6) is 1.14. The van der Waals surface area contributed by atoms with E-state index in [0.717, 1.165) is 44.5 Å². The van der Waals surface area contributed by atoms with Crippen molar-refractivity contribution < 1.29 is 13.5 Å². The Kier molecular flexibility index (Phi) is 2.48. The summed E-state index contributed by atoms with van der Waals surface area (Å²) in [6, 6.07) is 0. The van der Waals surface area contributed by atoms with Gasteiger partial charge in [-0.1, -0.05) is 9.24 Å². The van der Waals surface area contributed by atoms with E-state index in [2.05, 4.69) is 15.3 Å². The van der Waals surface area contributed by atoms with Crippen LogP contribution in [0.1, 0.15) is 25.0 Å². The van der Waals surface area contributed by atoms with Crippen LogP contribution in [0.5, 0.6) is 5.88 Å². The molecule has 1 aromatic rings. The Balaban J connectivity index is 1.39. The normalized spacial score (nSPS) is 35.8. The van der Waals surface area contributed by atoms with Crippen LogP contribution in [-0.4, -0.2) is 28.7 Å². The summed E-state index contributed by atoms with van der Waals surface area (Å²) < 4.78 is 31.9. The monoisotopic (exact) mass is 299 g/mol. The molecule has 1 saturated heterocycles. The fourth-order valence-electron chi connectivity index (χ4n) is 3.80. The van der Waals surface area contributed by atoms with E-state index in [4.69, 9.17) is 4.74 Å². The zero-order chi connectivity index (χ0) is 14.0. The van der Waals surface area contributed by atoms with Gasteiger partial charge in [-0.15, -0.1) is 0 Å². The first kappa shape index (κ1) is 12.8. The van der Waals surface area contributed by atoms with Crippen LogP contribution in [0, 0.1) is 11.3 Å². The Bertz CT molecular complexity index is 522. The average Bonchev–Trinajstić information content (AvgIpc) is 2.21. The molecule has 2 heterocycles. The molecule has 1 unspecified atom stereocenters. The Morgan fingerprint density at radius 1 is 1.25 bits per heavy atom. The van der Waals surface area contributed by atoms with Gasteiger partial charge in [0.25, 0.3) is 0 Å². The quantitative estimate of drug-likeness (QED) is 0.863. The summed E-state index contributed by atoms with van der Waals surface area (Å²) in [6.07, 6.45) is 5.57. The maximum atomic E-state index is 13.0. The lowest BCUT2D eigenvalue weighted by Gasteiger charge is -2.73. The SMILES string of the molecule is FC(F)(P)c1cnc(OC23CC(C4CNC4)(C2)C3)cn1. The van der Waals surface area contributed by atoms with Crippen molar-refractivity contribution in [3.63, 3.8) is 0 Å². The fourth-order valence-corrected chi connectivity index (χ4v) is 3.94. The highest BCUT2D eigenvalue weighted by molar-refractivity contribution is 7.17. The number of aromatic nitrogens is 2. The minimum Gasteiger partial charge on any atom is -0.470 e. The third-order valence-corrected chi connectivity index (χ3v) is 5.26. The number of nitrogens with zero attached hydrogens (tertiary/aromatic N) is 2. The van der Waals surface area contributed by atoms with Gasteiger partial charge >= 0.3 is 5.66 Å². The molecule has 0 amide bonds. The van der Waals surface area contributed by atoms with Gasteiger partial charge in [-0.25, -0.2) is 9.97 Å². The van der Waals surface area contributed by atoms with E-state index in [-0.39, 0.29) is 11.3 Å². The Labute approximate surface area is 117 Å². The third-order valence-electron chi connectivity index (χ3n) is 4.96. The highest BCUT2D eigenvalue weighted by atomic mass is 31.0. The van der Waals surface area contributed by atoms with Crippen LogP contribution in [0.15, 0.2) is 12.4 Å². The molecule has 4 aliphatic rings. The van der Waals surface area contributed by atoms with E-state index in [9.17, 15) is 8.78 Å². The van der Waals surface area contributed by atoms with Gasteiger partial charge < -0.3 is 10.1 Å². The van der Waals surface area contributed by atoms with Crippen molar-refractivity contribution in [3.8, 4) is 5.88 Å². The van der Waals surface area contributed by atoms with E-state index in [1.165, 1.54) is 15.4 Å². The fraction of sp³-hybridized carbons (Fsp3) is 0.692. The summed E-state index contributed by atoms with van der Waals surface area (Å²) in [6.45, 7) is 2.24. The van der Waals surface area contributed by atoms with Gasteiger partial charge in [-0.2, -0.15) is 8.78 Å². The Morgan fingerprint density at radius 3 is 2.40 bits per heavy atom. The van der Waals surface area contributed by atoms with Gasteiger partial charge in [0.15, 0.2) is 0 Å². The lowest BCUT2D eigenvalue weighted by molar-refractivity contribution is -0.274. The maximum Gasteiger partial charge on any atom is 0.301 e. The zero-order valence-corrected chi connectivity index (χ0v) is 12.1. The second kappa shape index (κ2) is 3.86. The van der Waals surface area contributed by atoms with Crippen molar-refractivity contribution in [2.45, 2.75) is 30.5 Å². The van der Waals surface area contributed by atoms with Crippen LogP contribution in [0.2, 0.25) is 0 Å². The molecule has 1 N–H and O–H groups in total. The Morgan fingerprint density at radius 2 is 1.95 bits per heavy atom. The summed E-state index contributed by atoms with van der Waals surface area (Å²) in [4.78, 5) is 7.67. The summed E-state index contributed by atoms with van der Waals surface area (Å²) in [5, 5.41) is 3.31. The maximum absolute atomic E-state index is 13.0. The van der Waals surface area contributed by atoms with Crippen LogP contribution in [0.4, 0.5) is 8.78 Å². The largest absolute Gasteiger partial charge is 0.470 e. The summed E-state index contributed by atoms with van der Waals surface area (Å²) >= 11 is 0. The van der Waals surface area contributed by atoms with Crippen molar-refractivity contribution in [2.75, 3.05) is 13.1 Å². The molecule has 0 spiro atoms. The third kappa shape index (κ3) is 1.77. The molecule has 4 nitrogen and oxygen atoms in total. The topological polar surface area (TPSA) is 47.0 Å². The standard InChI is InChI=1S/C13H16F2N3OP/c14-13(15,20)9-3-18-10(4-17-9)19-12-5-11(6-12,7-12)8-1-16-2-8/h3-4,8,16H,1-2,5-7,20H2. The first-order valence-electron chi connectivity index (χ1n) is 6.80. The van der Waals surface area contributed by atoms with E-state index >= 15 is 0 Å². The molecule has 5 rings (SSSR count). The predicted octanol–water partition coefficient (Wildman–Crippen LogP) is 1.92. The molecular formula is C13H16F2N3OP. The number of nitrogens with one attached hydrogen (secondary N) is 1. The van der Waals surface area contributed by atoms with E-state index in [1.54, 1.807) is 0 Å². The van der Waals surface area contributed by atoms with Crippen LogP contribution < -0.4 is 10.1 Å². The molecule has 4 fully saturated rings. The second-order valence-corrected chi connectivity index (χ2v) is 7.12. The molecule has 0 aromatic carbocycles. The molecule has 108 valence electrons. The van der Waals surface area contributed by atoms with Gasteiger partial charge in [-0.05, 0) is 43.7 Å². The first-order valence-corrected chi connectivity index (χ1v) is 7.38. The predicted molar refractivity (Wildman–Crippen MR) is 71.6 cm³/mol. The van der Waals surface area contributed by atoms with Gasteiger partial charge in [0.2, 0.25) is 5.88 Å². The number of rotatable bonds is 4. The molecule has 2 bridgehead atoms. The summed E-state index contributed by atoms with van der Waals surface area (Å²) in [7, 11) is 1.46. The van der Waals surface area contributed by atoms with Crippen molar-refractivity contribution in [1.29, 1.82) is 0 Å². The van der Waals surface area contributed by atoms with Gasteiger partial charge in [-0.3, -0.25) is 0 Å². The average molecular weight is 299 g/mol. The molecule has 1 atom stereocenters. The Hall–Kier alpha value is -0.870. The van der Waals surface area contributed by atoms with E-state index in [0.29, 0.717) is 11.3 Å². The van der Waals surface area contributed by atoms with Crippen molar-refractivity contribution in [1.82, 2.24) is 15.3 Å². The van der Waals surface area contributed by atoms with Gasteiger partial charge in [0, 0.05) is 0 Å². The van der Waals surface area contributed by atoms with Crippen LogP contribution in [0.25, 0.3) is 0 Å². The number of hydrogen-bond donors (Lipinski definition) is 1. The minimum absolute atomic E-state index is 0.102. The number of ether oxygens (including phenoxy) is 1. The molecule has 3 saturated carbocycles. The minimum atomic E-state index is -3.04. The van der Waals surface area contributed by atoms with E-state index in [1.807, 2.05) is 0 Å². The number of halogens is 2.